The summed E-state index contributed by atoms with van der Waals surface area (Å²) in [6, 6.07) is 7.99. The van der Waals surface area contributed by atoms with Gasteiger partial charge in [0.05, 0.1) is 12.1 Å². The fraction of sp³-hybridized carbons (Fsp3) is 0.548. The van der Waals surface area contributed by atoms with E-state index in [0.29, 0.717) is 66.2 Å². The highest BCUT2D eigenvalue weighted by molar-refractivity contribution is 5.65. The van der Waals surface area contributed by atoms with Gasteiger partial charge in [0.2, 0.25) is 5.88 Å². The second kappa shape index (κ2) is 11.5. The Morgan fingerprint density at radius 3 is 2.79 bits per heavy atom. The molecule has 1 aromatic carbocycles. The molecule has 2 aromatic heterocycles. The summed E-state index contributed by atoms with van der Waals surface area (Å²) >= 11 is 0. The maximum atomic E-state index is 14.4. The second-order valence-electron chi connectivity index (χ2n) is 11.7. The Bertz CT molecular complexity index is 1500. The molecule has 0 bridgehead atoms. The largest absolute Gasteiger partial charge is 0.476 e. The molecular formula is C31H37F2N7O2. The Morgan fingerprint density at radius 2 is 2.05 bits per heavy atom. The van der Waals surface area contributed by atoms with Crippen molar-refractivity contribution in [3.05, 3.63) is 46.2 Å². The molecule has 0 amide bonds. The summed E-state index contributed by atoms with van der Waals surface area (Å²) in [5, 5.41) is 14.4. The van der Waals surface area contributed by atoms with Crippen LogP contribution < -0.4 is 15.4 Å². The monoisotopic (exact) mass is 577 g/mol. The number of alkyl halides is 2. The minimum absolute atomic E-state index is 0.134. The number of nitrogen functional groups attached to an aromatic ring is 1. The lowest BCUT2D eigenvalue weighted by Gasteiger charge is -2.33. The minimum atomic E-state index is -2.79. The lowest BCUT2D eigenvalue weighted by atomic mass is 9.78. The third-order valence-corrected chi connectivity index (χ3v) is 8.98. The van der Waals surface area contributed by atoms with E-state index in [-0.39, 0.29) is 18.4 Å². The van der Waals surface area contributed by atoms with Gasteiger partial charge in [-0.1, -0.05) is 18.1 Å². The van der Waals surface area contributed by atoms with Gasteiger partial charge in [-0.05, 0) is 75.7 Å². The number of nitrogens with zero attached hydrogens (tertiary/aromatic N) is 6. The first-order chi connectivity index (χ1) is 20.3. The number of nitrogens with two attached hydrogens (primary N) is 1. The van der Waals surface area contributed by atoms with Crippen LogP contribution in [-0.4, -0.2) is 65.3 Å². The molecule has 2 saturated heterocycles. The van der Waals surface area contributed by atoms with Crippen LogP contribution in [0.2, 0.25) is 0 Å². The van der Waals surface area contributed by atoms with E-state index >= 15 is 0 Å². The van der Waals surface area contributed by atoms with Crippen molar-refractivity contribution in [2.24, 2.45) is 0 Å². The number of halogens is 2. The molecule has 2 fully saturated rings. The van der Waals surface area contributed by atoms with Crippen molar-refractivity contribution >= 4 is 11.5 Å². The number of piperidine rings is 1. The lowest BCUT2D eigenvalue weighted by molar-refractivity contribution is -0.0118. The Hall–Kier alpha value is -3.78. The summed E-state index contributed by atoms with van der Waals surface area (Å²) in [6.07, 6.45) is 5.48. The van der Waals surface area contributed by atoms with E-state index in [9.17, 15) is 14.0 Å². The normalized spacial score (nSPS) is 22.1. The molecule has 3 aliphatic rings. The van der Waals surface area contributed by atoms with E-state index in [0.717, 1.165) is 55.3 Å². The Kier molecular flexibility index (Phi) is 7.75. The molecule has 2 aliphatic heterocycles. The van der Waals surface area contributed by atoms with Crippen LogP contribution in [0.5, 0.6) is 5.88 Å². The third-order valence-electron chi connectivity index (χ3n) is 8.98. The van der Waals surface area contributed by atoms with E-state index in [2.05, 4.69) is 30.1 Å². The number of hydrogen-bond acceptors (Lipinski definition) is 9. The molecule has 2 atom stereocenters. The Morgan fingerprint density at radius 1 is 1.19 bits per heavy atom. The molecule has 0 spiro atoms. The molecule has 9 nitrogen and oxygen atoms in total. The van der Waals surface area contributed by atoms with Crippen molar-refractivity contribution in [3.63, 3.8) is 0 Å². The zero-order valence-corrected chi connectivity index (χ0v) is 24.2. The number of likely N-dealkylation sites (tertiary alicyclic amines) is 1. The SMILES string of the molecule is CCc1ccc(N)c(C#N)c1C1CCCc2c(-c3nc(OCC4CCCN4C)cc(N4CCCC(F)(F)C4)n3)noc21. The van der Waals surface area contributed by atoms with Crippen LogP contribution >= 0.6 is 0 Å². The molecular weight excluding hydrogens is 540 g/mol. The molecule has 3 aromatic rings. The fourth-order valence-electron chi connectivity index (χ4n) is 6.70. The molecule has 0 saturated carbocycles. The number of aryl methyl sites for hydroxylation is 1. The molecule has 42 heavy (non-hydrogen) atoms. The van der Waals surface area contributed by atoms with Crippen molar-refractivity contribution in [2.75, 3.05) is 43.9 Å². The van der Waals surface area contributed by atoms with Crippen molar-refractivity contribution in [1.29, 1.82) is 5.26 Å². The zero-order chi connectivity index (χ0) is 29.4. The maximum absolute atomic E-state index is 14.4. The highest BCUT2D eigenvalue weighted by Gasteiger charge is 2.37. The number of rotatable bonds is 7. The molecule has 11 heteroatoms. The topological polar surface area (TPSA) is 117 Å². The van der Waals surface area contributed by atoms with Crippen LogP contribution in [0.25, 0.3) is 11.5 Å². The van der Waals surface area contributed by atoms with Gasteiger partial charge in [-0.25, -0.2) is 13.8 Å². The number of likely N-dealkylation sites (N-methyl/N-ethyl adjacent to an activating group) is 1. The Balaban J connectivity index is 1.39. The smallest absolute Gasteiger partial charge is 0.265 e. The van der Waals surface area contributed by atoms with Gasteiger partial charge in [0.25, 0.3) is 5.92 Å². The number of anilines is 2. The predicted octanol–water partition coefficient (Wildman–Crippen LogP) is 5.32. The number of hydrogen-bond donors (Lipinski definition) is 1. The predicted molar refractivity (Wildman–Crippen MR) is 155 cm³/mol. The molecule has 6 rings (SSSR count). The van der Waals surface area contributed by atoms with Crippen LogP contribution in [0.15, 0.2) is 22.7 Å². The van der Waals surface area contributed by atoms with Crippen LogP contribution in [0, 0.1) is 11.3 Å². The molecule has 1 aliphatic carbocycles. The summed E-state index contributed by atoms with van der Waals surface area (Å²) in [4.78, 5) is 13.3. The summed E-state index contributed by atoms with van der Waals surface area (Å²) in [6.45, 7) is 3.60. The van der Waals surface area contributed by atoms with Gasteiger partial charge in [-0.2, -0.15) is 10.2 Å². The zero-order valence-electron chi connectivity index (χ0n) is 24.2. The number of nitriles is 1. The first-order valence-electron chi connectivity index (χ1n) is 14.9. The van der Waals surface area contributed by atoms with Crippen LogP contribution in [-0.2, 0) is 12.8 Å². The van der Waals surface area contributed by atoms with Gasteiger partial charge in [-0.15, -0.1) is 0 Å². The first-order valence-corrected chi connectivity index (χ1v) is 14.9. The van der Waals surface area contributed by atoms with Crippen LogP contribution in [0.4, 0.5) is 20.3 Å². The van der Waals surface area contributed by atoms with Gasteiger partial charge in [0, 0.05) is 42.2 Å². The summed E-state index contributed by atoms with van der Waals surface area (Å²) in [7, 11) is 2.08. The number of ether oxygens (including phenoxy) is 1. The van der Waals surface area contributed by atoms with E-state index < -0.39 is 12.5 Å². The average Bonchev–Trinajstić information content (AvgIpc) is 3.61. The number of fused-ring (bicyclic) bond motifs is 1. The van der Waals surface area contributed by atoms with E-state index in [1.54, 1.807) is 17.0 Å². The highest BCUT2D eigenvalue weighted by Crippen LogP contribution is 2.44. The van der Waals surface area contributed by atoms with E-state index in [4.69, 9.17) is 25.0 Å². The van der Waals surface area contributed by atoms with Gasteiger partial charge < -0.3 is 24.8 Å². The van der Waals surface area contributed by atoms with E-state index in [1.165, 1.54) is 0 Å². The van der Waals surface area contributed by atoms with Crippen molar-refractivity contribution < 1.29 is 18.0 Å². The maximum Gasteiger partial charge on any atom is 0.265 e. The second-order valence-corrected chi connectivity index (χ2v) is 11.7. The Labute approximate surface area is 244 Å². The molecule has 4 heterocycles. The first kappa shape index (κ1) is 28.3. The van der Waals surface area contributed by atoms with E-state index in [1.807, 2.05) is 6.07 Å². The van der Waals surface area contributed by atoms with Crippen molar-refractivity contribution in [2.45, 2.75) is 76.2 Å². The summed E-state index contributed by atoms with van der Waals surface area (Å²) in [5.41, 5.74) is 10.4. The van der Waals surface area contributed by atoms with Crippen LogP contribution in [0.1, 0.15) is 79.4 Å². The lowest BCUT2D eigenvalue weighted by Crippen LogP contribution is -2.43. The van der Waals surface area contributed by atoms with Crippen molar-refractivity contribution in [3.8, 4) is 23.5 Å². The highest BCUT2D eigenvalue weighted by atomic mass is 19.3. The fourth-order valence-corrected chi connectivity index (χ4v) is 6.70. The van der Waals surface area contributed by atoms with Crippen LogP contribution in [0.3, 0.4) is 0 Å². The van der Waals surface area contributed by atoms with Gasteiger partial charge in [0.15, 0.2) is 11.5 Å². The van der Waals surface area contributed by atoms with Gasteiger partial charge in [-0.3, -0.25) is 0 Å². The molecule has 2 unspecified atom stereocenters. The average molecular weight is 578 g/mol. The molecule has 0 radical (unpaired) electrons. The molecule has 2 N–H and O–H groups in total. The third kappa shape index (κ3) is 5.40. The summed E-state index contributed by atoms with van der Waals surface area (Å²) < 4.78 is 41.0. The minimum Gasteiger partial charge on any atom is -0.476 e. The van der Waals surface area contributed by atoms with Gasteiger partial charge in [0.1, 0.15) is 24.3 Å². The van der Waals surface area contributed by atoms with Crippen molar-refractivity contribution in [1.82, 2.24) is 20.0 Å². The molecule has 222 valence electrons. The number of benzene rings is 1. The van der Waals surface area contributed by atoms with Gasteiger partial charge >= 0.3 is 0 Å². The summed E-state index contributed by atoms with van der Waals surface area (Å²) in [5.74, 6) is -1.25. The number of aromatic nitrogens is 3. The quantitative estimate of drug-likeness (QED) is 0.372. The standard InChI is InChI=1S/C31H37F2N7O2/c1-3-19-10-11-24(35)23(16-34)27(19)21-8-4-9-22-28(38-42-29(21)22)30-36-25(40-14-6-12-31(32,33)18-40)15-26(37-30)41-17-20-7-5-13-39(20)2/h10-11,15,20-21H,3-9,12-14,17-18,35H2,1-2H3.